The summed E-state index contributed by atoms with van der Waals surface area (Å²) in [5.41, 5.74) is 2.05. The van der Waals surface area contributed by atoms with E-state index >= 15 is 8.78 Å². The molecule has 4 aromatic carbocycles. The summed E-state index contributed by atoms with van der Waals surface area (Å²) in [5, 5.41) is 15.7. The van der Waals surface area contributed by atoms with Gasteiger partial charge >= 0.3 is 5.97 Å². The van der Waals surface area contributed by atoms with E-state index in [4.69, 9.17) is 18.2 Å². The van der Waals surface area contributed by atoms with E-state index in [9.17, 15) is 19.5 Å². The molecule has 0 aliphatic rings. The number of carboxylic acids is 1. The van der Waals surface area contributed by atoms with Gasteiger partial charge in [-0.25, -0.2) is 18.4 Å². The number of nitrogens with zero attached hydrogens (tertiary/aromatic N) is 2. The van der Waals surface area contributed by atoms with Crippen LogP contribution in [0.3, 0.4) is 0 Å². The third-order valence-corrected chi connectivity index (χ3v) is 7.75. The topological polar surface area (TPSA) is 113 Å². The largest absolute Gasteiger partial charge is 0.480 e. The Kier molecular flexibility index (Phi) is 9.35. The number of carbonyl (C=O) groups is 3. The average Bonchev–Trinajstić information content (AvgIpc) is 3.04. The van der Waals surface area contributed by atoms with Gasteiger partial charge in [0.1, 0.15) is 23.2 Å². The number of benzene rings is 4. The number of amides is 2. The van der Waals surface area contributed by atoms with E-state index in [-0.39, 0.29) is 12.0 Å². The Morgan fingerprint density at radius 2 is 1.61 bits per heavy atom. The van der Waals surface area contributed by atoms with Gasteiger partial charge in [-0.15, -0.1) is 0 Å². The Morgan fingerprint density at radius 1 is 0.913 bits per heavy atom. The van der Waals surface area contributed by atoms with Crippen molar-refractivity contribution in [2.24, 2.45) is 0 Å². The van der Waals surface area contributed by atoms with Crippen molar-refractivity contribution in [3.8, 4) is 11.1 Å². The van der Waals surface area contributed by atoms with Crippen molar-refractivity contribution >= 4 is 46.0 Å². The summed E-state index contributed by atoms with van der Waals surface area (Å²) >= 11 is 6.44. The lowest BCUT2D eigenvalue weighted by atomic mass is 9.95. The number of rotatable bonds is 9. The molecule has 2 atom stereocenters. The van der Waals surface area contributed by atoms with E-state index < -0.39 is 47.1 Å². The first-order chi connectivity index (χ1) is 22.1. The average molecular weight is 639 g/mol. The molecule has 0 bridgehead atoms. The lowest BCUT2D eigenvalue weighted by Crippen LogP contribution is -2.43. The number of nitrogens with one attached hydrogen (secondary N) is 2. The highest BCUT2D eigenvalue weighted by atomic mass is 35.5. The fraction of sp³-hybridized carbons (Fsp3) is 0.114. The molecule has 230 valence electrons. The van der Waals surface area contributed by atoms with Crippen LogP contribution >= 0.6 is 11.6 Å². The molecule has 0 saturated heterocycles. The third-order valence-electron chi connectivity index (χ3n) is 7.44. The number of fused-ring (bicyclic) bond motifs is 1. The monoisotopic (exact) mass is 638 g/mol. The van der Waals surface area contributed by atoms with Gasteiger partial charge in [0.05, 0.1) is 18.1 Å². The molecular weight excluding hydrogens is 614 g/mol. The van der Waals surface area contributed by atoms with E-state index in [0.717, 1.165) is 17.7 Å². The second-order valence-electron chi connectivity index (χ2n) is 10.4. The summed E-state index contributed by atoms with van der Waals surface area (Å²) in [5.74, 6) is -6.12. The SMILES string of the molecule is [C-]#[N+]c1ccc(-c2ccc(C[C@H](NC(=O)c3c(F)cc(C(=O)N[C@H](C)c4ccccc4)cc3F)C(=O)O)c3cccnc23)c(Cl)c1. The normalized spacial score (nSPS) is 12.2. The number of aliphatic carboxylic acids is 1. The van der Waals surface area contributed by atoms with Crippen LogP contribution in [-0.2, 0) is 11.2 Å². The first-order valence-corrected chi connectivity index (χ1v) is 14.4. The second-order valence-corrected chi connectivity index (χ2v) is 10.8. The molecule has 5 rings (SSSR count). The van der Waals surface area contributed by atoms with Gasteiger partial charge in [-0.05, 0) is 47.9 Å². The van der Waals surface area contributed by atoms with Gasteiger partial charge in [-0.1, -0.05) is 72.3 Å². The Hall–Kier alpha value is -5.66. The number of pyridine rings is 1. The van der Waals surface area contributed by atoms with E-state index in [2.05, 4.69) is 20.5 Å². The van der Waals surface area contributed by atoms with Gasteiger partial charge in [0, 0.05) is 34.2 Å². The lowest BCUT2D eigenvalue weighted by molar-refractivity contribution is -0.139. The van der Waals surface area contributed by atoms with Gasteiger partial charge in [0.2, 0.25) is 0 Å². The molecule has 0 fully saturated rings. The molecule has 0 spiro atoms. The van der Waals surface area contributed by atoms with Gasteiger partial charge in [-0.3, -0.25) is 14.6 Å². The Morgan fingerprint density at radius 3 is 2.26 bits per heavy atom. The van der Waals surface area contributed by atoms with Gasteiger partial charge in [0.15, 0.2) is 5.69 Å². The number of halogens is 3. The summed E-state index contributed by atoms with van der Waals surface area (Å²) in [6.07, 6.45) is 1.32. The molecule has 0 saturated carbocycles. The first kappa shape index (κ1) is 31.8. The molecule has 8 nitrogen and oxygen atoms in total. The van der Waals surface area contributed by atoms with E-state index in [1.54, 1.807) is 73.8 Å². The zero-order valence-electron chi connectivity index (χ0n) is 24.2. The van der Waals surface area contributed by atoms with Crippen molar-refractivity contribution in [3.63, 3.8) is 0 Å². The second kappa shape index (κ2) is 13.5. The molecule has 1 heterocycles. The minimum Gasteiger partial charge on any atom is -0.480 e. The fourth-order valence-corrected chi connectivity index (χ4v) is 5.37. The van der Waals surface area contributed by atoms with Crippen LogP contribution in [0.25, 0.3) is 26.9 Å². The molecule has 1 aromatic heterocycles. The van der Waals surface area contributed by atoms with Gasteiger partial charge in [0.25, 0.3) is 11.8 Å². The predicted molar refractivity (Wildman–Crippen MR) is 170 cm³/mol. The number of hydrogen-bond donors (Lipinski definition) is 3. The Balaban J connectivity index is 1.38. The van der Waals surface area contributed by atoms with E-state index in [1.807, 2.05) is 6.07 Å². The maximum atomic E-state index is 15.1. The van der Waals surface area contributed by atoms with Crippen LogP contribution in [0.5, 0.6) is 0 Å². The highest BCUT2D eigenvalue weighted by Crippen LogP contribution is 2.36. The zero-order valence-corrected chi connectivity index (χ0v) is 25.0. The molecule has 2 amide bonds. The molecule has 46 heavy (non-hydrogen) atoms. The Bertz CT molecular complexity index is 2010. The highest BCUT2D eigenvalue weighted by Gasteiger charge is 2.27. The minimum absolute atomic E-state index is 0.241. The van der Waals surface area contributed by atoms with Crippen molar-refractivity contribution in [3.05, 3.63) is 141 Å². The van der Waals surface area contributed by atoms with Crippen LogP contribution in [0.2, 0.25) is 5.02 Å². The maximum Gasteiger partial charge on any atom is 0.326 e. The molecular formula is C35H25ClF2N4O4. The number of carbonyl (C=O) groups excluding carboxylic acids is 2. The van der Waals surface area contributed by atoms with Crippen molar-refractivity contribution in [2.45, 2.75) is 25.4 Å². The van der Waals surface area contributed by atoms with Crippen LogP contribution in [0.4, 0.5) is 14.5 Å². The molecule has 0 aliphatic heterocycles. The summed E-state index contributed by atoms with van der Waals surface area (Å²) in [7, 11) is 0. The van der Waals surface area contributed by atoms with E-state index in [0.29, 0.717) is 38.3 Å². The van der Waals surface area contributed by atoms with Crippen LogP contribution < -0.4 is 10.6 Å². The smallest absolute Gasteiger partial charge is 0.326 e. The maximum absolute atomic E-state index is 15.1. The number of aromatic nitrogens is 1. The van der Waals surface area contributed by atoms with Crippen molar-refractivity contribution in [1.82, 2.24) is 15.6 Å². The number of carboxylic acid groups (broad SMARTS) is 1. The predicted octanol–water partition coefficient (Wildman–Crippen LogP) is 7.30. The van der Waals surface area contributed by atoms with Gasteiger partial charge < -0.3 is 15.7 Å². The molecule has 5 aromatic rings. The van der Waals surface area contributed by atoms with Crippen molar-refractivity contribution in [1.29, 1.82) is 0 Å². The minimum atomic E-state index is -1.57. The standard InChI is InChI=1S/C35H25ClF2N4O4/c1-19(20-7-4-3-5-8-20)41-33(43)22-15-28(37)31(29(38)16-22)34(44)42-30(35(45)46)17-21-10-12-26(32-24(21)9-6-14-40-32)25-13-11-23(39-2)18-27(25)36/h3-16,18-19,30H,17H2,1H3,(H,41,43)(H,42,44)(H,45,46)/t19-,30+/m1/s1. The molecule has 0 aliphatic carbocycles. The van der Waals surface area contributed by atoms with Crippen LogP contribution in [-0.4, -0.2) is 33.9 Å². The molecule has 11 heteroatoms. The lowest BCUT2D eigenvalue weighted by Gasteiger charge is -2.18. The summed E-state index contributed by atoms with van der Waals surface area (Å²) in [6, 6.07) is 20.0. The van der Waals surface area contributed by atoms with Crippen molar-refractivity contribution in [2.75, 3.05) is 0 Å². The Labute approximate surface area is 267 Å². The first-order valence-electron chi connectivity index (χ1n) is 14.0. The van der Waals surface area contributed by atoms with E-state index in [1.165, 1.54) is 6.07 Å². The van der Waals surface area contributed by atoms with Crippen LogP contribution in [0.1, 0.15) is 44.8 Å². The summed E-state index contributed by atoms with van der Waals surface area (Å²) in [6.45, 7) is 8.91. The van der Waals surface area contributed by atoms with Crippen molar-refractivity contribution < 1.29 is 28.3 Å². The summed E-state index contributed by atoms with van der Waals surface area (Å²) in [4.78, 5) is 45.8. The molecule has 0 radical (unpaired) electrons. The molecule has 0 unspecified atom stereocenters. The van der Waals surface area contributed by atoms with Gasteiger partial charge in [-0.2, -0.15) is 0 Å². The fourth-order valence-electron chi connectivity index (χ4n) is 5.10. The zero-order chi connectivity index (χ0) is 33.0. The quantitative estimate of drug-likeness (QED) is 0.147. The van der Waals surface area contributed by atoms with Crippen LogP contribution in [0, 0.1) is 18.2 Å². The summed E-state index contributed by atoms with van der Waals surface area (Å²) < 4.78 is 30.2. The molecule has 3 N–H and O–H groups in total. The third kappa shape index (κ3) is 6.70. The highest BCUT2D eigenvalue weighted by molar-refractivity contribution is 6.34. The number of hydrogen-bond acceptors (Lipinski definition) is 4. The van der Waals surface area contributed by atoms with Crippen LogP contribution in [0.15, 0.2) is 91.1 Å².